The maximum Gasteiger partial charge on any atom is 0.0802 e. The Labute approximate surface area is 62.5 Å². The van der Waals surface area contributed by atoms with E-state index in [-0.39, 0.29) is 12.7 Å². The minimum Gasteiger partial charge on any atom is -0.394 e. The van der Waals surface area contributed by atoms with Crippen LogP contribution in [0.25, 0.3) is 0 Å². The van der Waals surface area contributed by atoms with Gasteiger partial charge in [0.15, 0.2) is 0 Å². The Morgan fingerprint density at radius 3 is 2.80 bits per heavy atom. The van der Waals surface area contributed by atoms with E-state index in [1.807, 2.05) is 6.08 Å². The first-order chi connectivity index (χ1) is 4.85. The first-order valence-electron chi connectivity index (χ1n) is 3.59. The van der Waals surface area contributed by atoms with Crippen LogP contribution in [0.3, 0.4) is 0 Å². The van der Waals surface area contributed by atoms with Crippen molar-refractivity contribution in [3.8, 4) is 0 Å². The zero-order chi connectivity index (χ0) is 7.82. The lowest BCUT2D eigenvalue weighted by Gasteiger charge is -2.10. The second kappa shape index (κ2) is 6.78. The summed E-state index contributed by atoms with van der Waals surface area (Å²) in [6.45, 7) is 3.72. The van der Waals surface area contributed by atoms with Gasteiger partial charge in [-0.05, 0) is 19.3 Å². The quantitative estimate of drug-likeness (QED) is 0.450. The van der Waals surface area contributed by atoms with E-state index in [1.165, 1.54) is 0 Å². The number of hydrogen-bond acceptors (Lipinski definition) is 2. The highest BCUT2D eigenvalue weighted by molar-refractivity contribution is 4.67. The van der Waals surface area contributed by atoms with Crippen LogP contribution in [-0.4, -0.2) is 24.9 Å². The van der Waals surface area contributed by atoms with E-state index in [0.29, 0.717) is 0 Å². The van der Waals surface area contributed by atoms with Crippen LogP contribution in [0, 0.1) is 0 Å². The van der Waals surface area contributed by atoms with Crippen LogP contribution >= 0.6 is 0 Å². The van der Waals surface area contributed by atoms with Gasteiger partial charge < -0.3 is 9.84 Å². The molecular formula is C8H16O2. The topological polar surface area (TPSA) is 29.5 Å². The average molecular weight is 144 g/mol. The Kier molecular flexibility index (Phi) is 6.55. The summed E-state index contributed by atoms with van der Waals surface area (Å²) in [6, 6.07) is 0. The highest BCUT2D eigenvalue weighted by Crippen LogP contribution is 2.03. The van der Waals surface area contributed by atoms with Crippen molar-refractivity contribution in [2.75, 3.05) is 13.7 Å². The molecule has 0 saturated heterocycles. The maximum absolute atomic E-state index is 8.67. The Bertz CT molecular complexity index is 77.3. The number of methoxy groups -OCH3 is 1. The molecule has 0 unspecified atom stereocenters. The molecule has 1 N–H and O–H groups in total. The second-order valence-corrected chi connectivity index (χ2v) is 2.26. The predicted molar refractivity (Wildman–Crippen MR) is 41.9 cm³/mol. The van der Waals surface area contributed by atoms with E-state index < -0.39 is 0 Å². The maximum atomic E-state index is 8.67. The highest BCUT2D eigenvalue weighted by Gasteiger charge is 2.02. The van der Waals surface area contributed by atoms with Crippen LogP contribution in [0.5, 0.6) is 0 Å². The molecule has 60 valence electrons. The molecule has 0 aliphatic rings. The smallest absolute Gasteiger partial charge is 0.0802 e. The van der Waals surface area contributed by atoms with Crippen LogP contribution < -0.4 is 0 Å². The standard InChI is InChI=1S/C8H16O2/c1-3-4-5-6-8(7-9)10-2/h3,8-9H,1,4-7H2,2H3/t8-/m0/s1. The third kappa shape index (κ3) is 4.53. The highest BCUT2D eigenvalue weighted by atomic mass is 16.5. The first-order valence-corrected chi connectivity index (χ1v) is 3.59. The average Bonchev–Trinajstić information content (AvgIpc) is 1.99. The summed E-state index contributed by atoms with van der Waals surface area (Å²) in [4.78, 5) is 0. The Balaban J connectivity index is 3.16. The summed E-state index contributed by atoms with van der Waals surface area (Å²) < 4.78 is 4.96. The molecule has 0 aliphatic carbocycles. The van der Waals surface area contributed by atoms with E-state index >= 15 is 0 Å². The lowest BCUT2D eigenvalue weighted by molar-refractivity contribution is 0.0421. The zero-order valence-corrected chi connectivity index (χ0v) is 6.55. The second-order valence-electron chi connectivity index (χ2n) is 2.26. The number of hydrogen-bond donors (Lipinski definition) is 1. The summed E-state index contributed by atoms with van der Waals surface area (Å²) >= 11 is 0. The number of rotatable bonds is 6. The number of unbranched alkanes of at least 4 members (excludes halogenated alkanes) is 1. The van der Waals surface area contributed by atoms with Gasteiger partial charge in [0.2, 0.25) is 0 Å². The fourth-order valence-corrected chi connectivity index (χ4v) is 0.774. The fraction of sp³-hybridized carbons (Fsp3) is 0.750. The lowest BCUT2D eigenvalue weighted by Crippen LogP contribution is -2.14. The monoisotopic (exact) mass is 144 g/mol. The van der Waals surface area contributed by atoms with Gasteiger partial charge in [-0.3, -0.25) is 0 Å². The van der Waals surface area contributed by atoms with Crippen molar-refractivity contribution < 1.29 is 9.84 Å². The number of ether oxygens (including phenoxy) is 1. The molecule has 0 aromatic heterocycles. The van der Waals surface area contributed by atoms with Crippen molar-refractivity contribution in [1.82, 2.24) is 0 Å². The van der Waals surface area contributed by atoms with Gasteiger partial charge >= 0.3 is 0 Å². The van der Waals surface area contributed by atoms with Gasteiger partial charge in [-0.2, -0.15) is 0 Å². The Morgan fingerprint density at radius 1 is 1.70 bits per heavy atom. The zero-order valence-electron chi connectivity index (χ0n) is 6.55. The van der Waals surface area contributed by atoms with Gasteiger partial charge in [0.1, 0.15) is 0 Å². The van der Waals surface area contributed by atoms with Gasteiger partial charge in [0.05, 0.1) is 12.7 Å². The number of allylic oxidation sites excluding steroid dienone is 1. The van der Waals surface area contributed by atoms with Gasteiger partial charge in [0, 0.05) is 7.11 Å². The molecule has 0 radical (unpaired) electrons. The third-order valence-corrected chi connectivity index (χ3v) is 1.47. The van der Waals surface area contributed by atoms with Crippen LogP contribution in [-0.2, 0) is 4.74 Å². The molecule has 0 rings (SSSR count). The SMILES string of the molecule is C=CCCC[C@@H](CO)OC. The number of aliphatic hydroxyl groups excluding tert-OH is 1. The molecule has 2 heteroatoms. The molecule has 0 aromatic carbocycles. The van der Waals surface area contributed by atoms with E-state index in [0.717, 1.165) is 19.3 Å². The molecule has 0 aromatic rings. The minimum absolute atomic E-state index is 0.0138. The van der Waals surface area contributed by atoms with Crippen molar-refractivity contribution >= 4 is 0 Å². The van der Waals surface area contributed by atoms with Gasteiger partial charge in [-0.1, -0.05) is 6.08 Å². The summed E-state index contributed by atoms with van der Waals surface area (Å²) in [5.41, 5.74) is 0. The van der Waals surface area contributed by atoms with Crippen LogP contribution in [0.1, 0.15) is 19.3 Å². The van der Waals surface area contributed by atoms with Crippen LogP contribution in [0.4, 0.5) is 0 Å². The van der Waals surface area contributed by atoms with E-state index in [9.17, 15) is 0 Å². The van der Waals surface area contributed by atoms with E-state index in [4.69, 9.17) is 9.84 Å². The molecule has 0 bridgehead atoms. The van der Waals surface area contributed by atoms with Gasteiger partial charge in [0.25, 0.3) is 0 Å². The van der Waals surface area contributed by atoms with E-state index in [2.05, 4.69) is 6.58 Å². The fourth-order valence-electron chi connectivity index (χ4n) is 0.774. The molecule has 0 spiro atoms. The van der Waals surface area contributed by atoms with Crippen molar-refractivity contribution in [1.29, 1.82) is 0 Å². The molecule has 0 saturated carbocycles. The molecule has 2 nitrogen and oxygen atoms in total. The van der Waals surface area contributed by atoms with Crippen molar-refractivity contribution in [3.63, 3.8) is 0 Å². The molecule has 0 heterocycles. The van der Waals surface area contributed by atoms with Crippen LogP contribution in [0.15, 0.2) is 12.7 Å². The molecule has 0 amide bonds. The Hall–Kier alpha value is -0.340. The van der Waals surface area contributed by atoms with Gasteiger partial charge in [-0.15, -0.1) is 6.58 Å². The molecule has 0 aliphatic heterocycles. The minimum atomic E-state index is 0.0138. The molecule has 1 atom stereocenters. The summed E-state index contributed by atoms with van der Waals surface area (Å²) in [5, 5.41) is 8.67. The van der Waals surface area contributed by atoms with Gasteiger partial charge in [-0.25, -0.2) is 0 Å². The summed E-state index contributed by atoms with van der Waals surface area (Å²) in [5.74, 6) is 0. The van der Waals surface area contributed by atoms with Crippen LogP contribution in [0.2, 0.25) is 0 Å². The Morgan fingerprint density at radius 2 is 2.40 bits per heavy atom. The predicted octanol–water partition coefficient (Wildman–Crippen LogP) is 1.35. The lowest BCUT2D eigenvalue weighted by atomic mass is 10.1. The van der Waals surface area contributed by atoms with Crippen molar-refractivity contribution in [2.24, 2.45) is 0 Å². The number of aliphatic hydroxyl groups is 1. The molecule has 10 heavy (non-hydrogen) atoms. The largest absolute Gasteiger partial charge is 0.394 e. The molecular weight excluding hydrogens is 128 g/mol. The van der Waals surface area contributed by atoms with Crippen molar-refractivity contribution in [2.45, 2.75) is 25.4 Å². The summed E-state index contributed by atoms with van der Waals surface area (Å²) in [6.07, 6.45) is 4.85. The summed E-state index contributed by atoms with van der Waals surface area (Å²) in [7, 11) is 1.62. The normalized spacial score (nSPS) is 13.0. The first kappa shape index (κ1) is 9.66. The molecule has 0 fully saturated rings. The van der Waals surface area contributed by atoms with E-state index in [1.54, 1.807) is 7.11 Å². The van der Waals surface area contributed by atoms with Crippen molar-refractivity contribution in [3.05, 3.63) is 12.7 Å². The third-order valence-electron chi connectivity index (χ3n) is 1.47.